The zero-order valence-corrected chi connectivity index (χ0v) is 13.3. The molecule has 4 nitrogen and oxygen atoms in total. The standard InChI is InChI=1S/C16H32N2O2/c1-3-5-15-13-18(8-11-20-10-4-9-19-2)16(12-17-15)14-6-7-14/h14-17H,3-13H2,1-2H3. The lowest BCUT2D eigenvalue weighted by molar-refractivity contribution is 0.0497. The fourth-order valence-electron chi connectivity index (χ4n) is 3.23. The molecule has 1 aliphatic heterocycles. The van der Waals surface area contributed by atoms with E-state index in [-0.39, 0.29) is 0 Å². The van der Waals surface area contributed by atoms with E-state index in [9.17, 15) is 0 Å². The van der Waals surface area contributed by atoms with Crippen LogP contribution in [0.5, 0.6) is 0 Å². The van der Waals surface area contributed by atoms with Gasteiger partial charge in [-0.1, -0.05) is 13.3 Å². The van der Waals surface area contributed by atoms with Crippen LogP contribution in [0.25, 0.3) is 0 Å². The summed E-state index contributed by atoms with van der Waals surface area (Å²) in [5.74, 6) is 0.943. The number of methoxy groups -OCH3 is 1. The Kier molecular flexibility index (Phi) is 7.28. The molecule has 2 aliphatic rings. The highest BCUT2D eigenvalue weighted by Crippen LogP contribution is 2.36. The number of hydrogen-bond acceptors (Lipinski definition) is 4. The second kappa shape index (κ2) is 8.98. The Hall–Kier alpha value is -0.160. The second-order valence-corrected chi connectivity index (χ2v) is 6.25. The quantitative estimate of drug-likeness (QED) is 0.621. The van der Waals surface area contributed by atoms with Gasteiger partial charge in [0.05, 0.1) is 6.61 Å². The van der Waals surface area contributed by atoms with Crippen molar-refractivity contribution in [2.75, 3.05) is 46.6 Å². The van der Waals surface area contributed by atoms with Crippen LogP contribution in [0.2, 0.25) is 0 Å². The number of hydrogen-bond donors (Lipinski definition) is 1. The van der Waals surface area contributed by atoms with Gasteiger partial charge in [-0.25, -0.2) is 0 Å². The summed E-state index contributed by atoms with van der Waals surface area (Å²) in [7, 11) is 1.74. The van der Waals surface area contributed by atoms with Crippen molar-refractivity contribution in [3.05, 3.63) is 0 Å². The van der Waals surface area contributed by atoms with E-state index in [1.807, 2.05) is 0 Å². The Morgan fingerprint density at radius 2 is 2.05 bits per heavy atom. The Morgan fingerprint density at radius 3 is 2.75 bits per heavy atom. The fourth-order valence-corrected chi connectivity index (χ4v) is 3.23. The van der Waals surface area contributed by atoms with Crippen LogP contribution in [0.1, 0.15) is 39.0 Å². The molecule has 4 heteroatoms. The normalized spacial score (nSPS) is 27.9. The van der Waals surface area contributed by atoms with Gasteiger partial charge in [-0.2, -0.15) is 0 Å². The molecule has 0 amide bonds. The molecule has 0 spiro atoms. The number of nitrogens with one attached hydrogen (secondary N) is 1. The van der Waals surface area contributed by atoms with Gasteiger partial charge in [0.15, 0.2) is 0 Å². The molecule has 2 unspecified atom stereocenters. The summed E-state index contributed by atoms with van der Waals surface area (Å²) in [6.45, 7) is 8.25. The third-order valence-electron chi connectivity index (χ3n) is 4.50. The summed E-state index contributed by atoms with van der Waals surface area (Å²) in [4.78, 5) is 2.69. The molecule has 1 N–H and O–H groups in total. The first-order valence-electron chi connectivity index (χ1n) is 8.39. The lowest BCUT2D eigenvalue weighted by Gasteiger charge is -2.40. The highest BCUT2D eigenvalue weighted by Gasteiger charge is 2.38. The van der Waals surface area contributed by atoms with Crippen LogP contribution >= 0.6 is 0 Å². The highest BCUT2D eigenvalue weighted by molar-refractivity contribution is 4.94. The summed E-state index contributed by atoms with van der Waals surface area (Å²) in [6.07, 6.45) is 6.42. The minimum atomic E-state index is 0.684. The van der Waals surface area contributed by atoms with Gasteiger partial charge < -0.3 is 14.8 Å². The molecular weight excluding hydrogens is 252 g/mol. The number of rotatable bonds is 10. The first-order chi connectivity index (χ1) is 9.85. The first-order valence-corrected chi connectivity index (χ1v) is 8.39. The van der Waals surface area contributed by atoms with Crippen molar-refractivity contribution in [1.29, 1.82) is 0 Å². The van der Waals surface area contributed by atoms with Crippen molar-refractivity contribution in [1.82, 2.24) is 10.2 Å². The van der Waals surface area contributed by atoms with E-state index in [1.165, 1.54) is 38.8 Å². The van der Waals surface area contributed by atoms with Gasteiger partial charge in [0.2, 0.25) is 0 Å². The van der Waals surface area contributed by atoms with Crippen molar-refractivity contribution in [3.63, 3.8) is 0 Å². The van der Waals surface area contributed by atoms with E-state index in [1.54, 1.807) is 7.11 Å². The molecule has 0 aromatic rings. The molecule has 1 saturated carbocycles. The summed E-state index contributed by atoms with van der Waals surface area (Å²) >= 11 is 0. The molecule has 1 heterocycles. The maximum Gasteiger partial charge on any atom is 0.0593 e. The summed E-state index contributed by atoms with van der Waals surface area (Å²) in [6, 6.07) is 1.44. The maximum atomic E-state index is 5.74. The molecule has 0 aromatic carbocycles. The molecular formula is C16H32N2O2. The molecule has 1 aliphatic carbocycles. The molecule has 20 heavy (non-hydrogen) atoms. The van der Waals surface area contributed by atoms with Gasteiger partial charge in [-0.3, -0.25) is 4.90 Å². The fraction of sp³-hybridized carbons (Fsp3) is 1.00. The van der Waals surface area contributed by atoms with Crippen LogP contribution < -0.4 is 5.32 Å². The zero-order valence-electron chi connectivity index (χ0n) is 13.3. The van der Waals surface area contributed by atoms with Crippen molar-refractivity contribution >= 4 is 0 Å². The van der Waals surface area contributed by atoms with Crippen LogP contribution in [0.15, 0.2) is 0 Å². The van der Waals surface area contributed by atoms with Crippen LogP contribution in [0.3, 0.4) is 0 Å². The highest BCUT2D eigenvalue weighted by atomic mass is 16.5. The number of ether oxygens (including phenoxy) is 2. The molecule has 0 aromatic heterocycles. The van der Waals surface area contributed by atoms with E-state index >= 15 is 0 Å². The van der Waals surface area contributed by atoms with Crippen molar-refractivity contribution in [2.24, 2.45) is 5.92 Å². The van der Waals surface area contributed by atoms with E-state index in [0.29, 0.717) is 6.04 Å². The number of nitrogens with zero attached hydrogens (tertiary/aromatic N) is 1. The van der Waals surface area contributed by atoms with Gasteiger partial charge in [0.25, 0.3) is 0 Å². The molecule has 2 rings (SSSR count). The monoisotopic (exact) mass is 284 g/mol. The van der Waals surface area contributed by atoms with Gasteiger partial charge in [0, 0.05) is 52.0 Å². The predicted octanol–water partition coefficient (Wildman–Crippen LogP) is 1.89. The Labute approximate surface area is 124 Å². The lowest BCUT2D eigenvalue weighted by atomic mass is 10.0. The van der Waals surface area contributed by atoms with Gasteiger partial charge in [-0.05, 0) is 31.6 Å². The van der Waals surface area contributed by atoms with Crippen LogP contribution in [-0.4, -0.2) is 63.5 Å². The van der Waals surface area contributed by atoms with Gasteiger partial charge in [-0.15, -0.1) is 0 Å². The zero-order chi connectivity index (χ0) is 14.2. The largest absolute Gasteiger partial charge is 0.385 e. The molecule has 2 fully saturated rings. The van der Waals surface area contributed by atoms with Crippen LogP contribution in [0, 0.1) is 5.92 Å². The molecule has 0 bridgehead atoms. The number of piperazine rings is 1. The Balaban J connectivity index is 1.67. The lowest BCUT2D eigenvalue weighted by Crippen LogP contribution is -2.57. The van der Waals surface area contributed by atoms with E-state index in [0.717, 1.165) is 44.7 Å². The molecule has 1 saturated heterocycles. The van der Waals surface area contributed by atoms with Crippen molar-refractivity contribution in [2.45, 2.75) is 51.1 Å². The molecule has 2 atom stereocenters. The predicted molar refractivity (Wildman–Crippen MR) is 82.1 cm³/mol. The molecule has 0 radical (unpaired) electrons. The summed E-state index contributed by atoms with van der Waals surface area (Å²) in [5, 5.41) is 3.74. The van der Waals surface area contributed by atoms with E-state index in [2.05, 4.69) is 17.1 Å². The average Bonchev–Trinajstić information content (AvgIpc) is 3.28. The summed E-state index contributed by atoms with van der Waals surface area (Å²) < 4.78 is 10.8. The van der Waals surface area contributed by atoms with E-state index < -0.39 is 0 Å². The Bertz CT molecular complexity index is 259. The second-order valence-electron chi connectivity index (χ2n) is 6.25. The van der Waals surface area contributed by atoms with Crippen LogP contribution in [0.4, 0.5) is 0 Å². The van der Waals surface area contributed by atoms with Crippen LogP contribution in [-0.2, 0) is 9.47 Å². The maximum absolute atomic E-state index is 5.74. The third-order valence-corrected chi connectivity index (χ3v) is 4.50. The van der Waals surface area contributed by atoms with Gasteiger partial charge >= 0.3 is 0 Å². The average molecular weight is 284 g/mol. The third kappa shape index (κ3) is 5.32. The van der Waals surface area contributed by atoms with Gasteiger partial charge in [0.1, 0.15) is 0 Å². The topological polar surface area (TPSA) is 33.7 Å². The molecule has 118 valence electrons. The smallest absolute Gasteiger partial charge is 0.0593 e. The minimum absolute atomic E-state index is 0.684. The summed E-state index contributed by atoms with van der Waals surface area (Å²) in [5.41, 5.74) is 0. The first kappa shape index (κ1) is 16.2. The van der Waals surface area contributed by atoms with Crippen molar-refractivity contribution in [3.8, 4) is 0 Å². The SMILES string of the molecule is CCCC1CN(CCOCCCOC)C(C2CC2)CN1. The Morgan fingerprint density at radius 1 is 1.20 bits per heavy atom. The van der Waals surface area contributed by atoms with Crippen molar-refractivity contribution < 1.29 is 9.47 Å². The minimum Gasteiger partial charge on any atom is -0.385 e. The van der Waals surface area contributed by atoms with E-state index in [4.69, 9.17) is 9.47 Å².